The molecular formula is C17H15ClN2O5S2. The van der Waals surface area contributed by atoms with E-state index in [2.05, 4.69) is 10.6 Å². The summed E-state index contributed by atoms with van der Waals surface area (Å²) in [6.45, 7) is 0. The van der Waals surface area contributed by atoms with Crippen molar-refractivity contribution in [3.63, 3.8) is 0 Å². The topological polar surface area (TPSA) is 102 Å². The summed E-state index contributed by atoms with van der Waals surface area (Å²) in [7, 11) is -2.56. The van der Waals surface area contributed by atoms with Gasteiger partial charge in [0.1, 0.15) is 4.21 Å². The fraction of sp³-hybridized carbons (Fsp3) is 0.176. The number of ether oxygens (including phenoxy) is 1. The van der Waals surface area contributed by atoms with Gasteiger partial charge in [-0.1, -0.05) is 29.8 Å². The van der Waals surface area contributed by atoms with E-state index in [1.165, 1.54) is 13.2 Å². The molecule has 3 rings (SSSR count). The van der Waals surface area contributed by atoms with Crippen LogP contribution in [-0.4, -0.2) is 33.3 Å². The molecule has 0 radical (unpaired) electrons. The molecule has 1 atom stereocenters. The summed E-state index contributed by atoms with van der Waals surface area (Å²) in [5, 5.41) is 7.10. The van der Waals surface area contributed by atoms with Crippen molar-refractivity contribution in [1.29, 1.82) is 0 Å². The largest absolute Gasteiger partial charge is 0.466 e. The molecule has 0 fully saturated rings. The summed E-state index contributed by atoms with van der Waals surface area (Å²) in [6.07, 6.45) is 0. The highest BCUT2D eigenvalue weighted by Gasteiger charge is 2.35. The molecule has 1 aliphatic rings. The van der Waals surface area contributed by atoms with Gasteiger partial charge in [-0.05, 0) is 29.1 Å². The van der Waals surface area contributed by atoms with Gasteiger partial charge in [-0.15, -0.1) is 11.3 Å². The van der Waals surface area contributed by atoms with Gasteiger partial charge in [-0.25, -0.2) is 18.0 Å². The van der Waals surface area contributed by atoms with E-state index in [0.717, 1.165) is 11.3 Å². The van der Waals surface area contributed by atoms with E-state index in [0.29, 0.717) is 10.6 Å². The molecule has 142 valence electrons. The highest BCUT2D eigenvalue weighted by Crippen LogP contribution is 2.30. The molecular weight excluding hydrogens is 412 g/mol. The number of urea groups is 1. The number of sulfone groups is 1. The lowest BCUT2D eigenvalue weighted by molar-refractivity contribution is -0.136. The zero-order valence-corrected chi connectivity index (χ0v) is 16.5. The Morgan fingerprint density at radius 2 is 2.07 bits per heavy atom. The predicted molar refractivity (Wildman–Crippen MR) is 101 cm³/mol. The van der Waals surface area contributed by atoms with Gasteiger partial charge in [0.15, 0.2) is 9.84 Å². The fourth-order valence-corrected chi connectivity index (χ4v) is 5.33. The summed E-state index contributed by atoms with van der Waals surface area (Å²) >= 11 is 7.08. The SMILES string of the molecule is COC(=O)C1=C(CS(=O)(=O)c2cccs2)NC(=O)N[C@H]1c1cccc(Cl)c1. The minimum absolute atomic E-state index is 0.0134. The van der Waals surface area contributed by atoms with E-state index < -0.39 is 33.6 Å². The maximum absolute atomic E-state index is 12.7. The Labute approximate surface area is 164 Å². The number of esters is 1. The molecule has 0 unspecified atom stereocenters. The zero-order valence-electron chi connectivity index (χ0n) is 14.1. The smallest absolute Gasteiger partial charge is 0.338 e. The van der Waals surface area contributed by atoms with Crippen molar-refractivity contribution in [3.8, 4) is 0 Å². The van der Waals surface area contributed by atoms with E-state index >= 15 is 0 Å². The average molecular weight is 427 g/mol. The van der Waals surface area contributed by atoms with Crippen LogP contribution in [0.25, 0.3) is 0 Å². The molecule has 2 aromatic rings. The Hall–Kier alpha value is -2.36. The first kappa shape index (κ1) is 19.4. The first-order valence-electron chi connectivity index (χ1n) is 7.72. The number of carbonyl (C=O) groups excluding carboxylic acids is 2. The summed E-state index contributed by atoms with van der Waals surface area (Å²) in [4.78, 5) is 24.6. The number of hydrogen-bond acceptors (Lipinski definition) is 6. The fourth-order valence-electron chi connectivity index (χ4n) is 2.72. The molecule has 0 saturated heterocycles. The van der Waals surface area contributed by atoms with Crippen molar-refractivity contribution in [1.82, 2.24) is 10.6 Å². The summed E-state index contributed by atoms with van der Waals surface area (Å²) < 4.78 is 30.3. The molecule has 10 heteroatoms. The summed E-state index contributed by atoms with van der Waals surface area (Å²) in [5.74, 6) is -1.29. The van der Waals surface area contributed by atoms with E-state index in [-0.39, 0.29) is 15.5 Å². The van der Waals surface area contributed by atoms with Crippen LogP contribution in [-0.2, 0) is 19.4 Å². The second kappa shape index (κ2) is 7.71. The lowest BCUT2D eigenvalue weighted by atomic mass is 9.95. The average Bonchev–Trinajstić information content (AvgIpc) is 3.16. The summed E-state index contributed by atoms with van der Waals surface area (Å²) in [6, 6.07) is 8.16. The van der Waals surface area contributed by atoms with Crippen LogP contribution >= 0.6 is 22.9 Å². The second-order valence-electron chi connectivity index (χ2n) is 5.66. The minimum Gasteiger partial charge on any atom is -0.466 e. The quantitative estimate of drug-likeness (QED) is 0.715. The van der Waals surface area contributed by atoms with Gasteiger partial charge < -0.3 is 15.4 Å². The Kier molecular flexibility index (Phi) is 5.54. The van der Waals surface area contributed by atoms with Crippen molar-refractivity contribution < 1.29 is 22.7 Å². The number of methoxy groups -OCH3 is 1. The maximum atomic E-state index is 12.7. The van der Waals surface area contributed by atoms with Crippen LogP contribution in [0.2, 0.25) is 5.02 Å². The van der Waals surface area contributed by atoms with Crippen LogP contribution in [0.3, 0.4) is 0 Å². The molecule has 1 aromatic heterocycles. The first-order chi connectivity index (χ1) is 12.8. The number of carbonyl (C=O) groups is 2. The van der Waals surface area contributed by atoms with Crippen LogP contribution in [0.4, 0.5) is 4.79 Å². The molecule has 2 N–H and O–H groups in total. The molecule has 27 heavy (non-hydrogen) atoms. The highest BCUT2D eigenvalue weighted by molar-refractivity contribution is 7.93. The molecule has 7 nitrogen and oxygen atoms in total. The third-order valence-electron chi connectivity index (χ3n) is 3.88. The molecule has 1 aromatic carbocycles. The van der Waals surface area contributed by atoms with Gasteiger partial charge in [-0.3, -0.25) is 0 Å². The van der Waals surface area contributed by atoms with Crippen LogP contribution in [0.1, 0.15) is 11.6 Å². The van der Waals surface area contributed by atoms with Gasteiger partial charge in [0.2, 0.25) is 0 Å². The normalized spacial score (nSPS) is 17.3. The van der Waals surface area contributed by atoms with Crippen molar-refractivity contribution in [3.05, 3.63) is 63.6 Å². The summed E-state index contributed by atoms with van der Waals surface area (Å²) in [5.41, 5.74) is 0.521. The second-order valence-corrected chi connectivity index (χ2v) is 9.26. The Balaban J connectivity index is 2.11. The zero-order chi connectivity index (χ0) is 19.6. The molecule has 2 amide bonds. The number of benzene rings is 1. The number of amides is 2. The van der Waals surface area contributed by atoms with Gasteiger partial charge >= 0.3 is 12.0 Å². The highest BCUT2D eigenvalue weighted by atomic mass is 35.5. The van der Waals surface area contributed by atoms with Crippen LogP contribution in [0.15, 0.2) is 57.3 Å². The van der Waals surface area contributed by atoms with E-state index in [4.69, 9.17) is 16.3 Å². The molecule has 0 spiro atoms. The van der Waals surface area contributed by atoms with E-state index in [1.54, 1.807) is 35.7 Å². The lowest BCUT2D eigenvalue weighted by Crippen LogP contribution is -2.47. The molecule has 0 saturated carbocycles. The molecule has 0 aliphatic carbocycles. The predicted octanol–water partition coefficient (Wildman–Crippen LogP) is 2.66. The number of hydrogen-bond donors (Lipinski definition) is 2. The van der Waals surface area contributed by atoms with Gasteiger partial charge in [0, 0.05) is 10.7 Å². The number of halogens is 1. The Morgan fingerprint density at radius 1 is 1.30 bits per heavy atom. The number of nitrogens with one attached hydrogen (secondary N) is 2. The lowest BCUT2D eigenvalue weighted by Gasteiger charge is -2.29. The number of rotatable bonds is 5. The number of thiophene rings is 1. The van der Waals surface area contributed by atoms with Crippen molar-refractivity contribution >= 4 is 44.8 Å². The van der Waals surface area contributed by atoms with Gasteiger partial charge in [0.05, 0.1) is 24.5 Å². The minimum atomic E-state index is -3.74. The van der Waals surface area contributed by atoms with Crippen LogP contribution < -0.4 is 10.6 Å². The molecule has 2 heterocycles. The Bertz CT molecular complexity index is 1020. The Morgan fingerprint density at radius 3 is 2.70 bits per heavy atom. The van der Waals surface area contributed by atoms with E-state index in [9.17, 15) is 18.0 Å². The molecule has 1 aliphatic heterocycles. The maximum Gasteiger partial charge on any atom is 0.338 e. The van der Waals surface area contributed by atoms with E-state index in [1.807, 2.05) is 0 Å². The van der Waals surface area contributed by atoms with Crippen LogP contribution in [0, 0.1) is 0 Å². The monoisotopic (exact) mass is 426 g/mol. The third kappa shape index (κ3) is 4.15. The van der Waals surface area contributed by atoms with Gasteiger partial charge in [0.25, 0.3) is 0 Å². The third-order valence-corrected chi connectivity index (χ3v) is 7.24. The molecule has 0 bridgehead atoms. The van der Waals surface area contributed by atoms with Crippen LogP contribution in [0.5, 0.6) is 0 Å². The standard InChI is InChI=1S/C17H15ClN2O5S2/c1-25-16(21)14-12(9-27(23,24)13-6-3-7-26-13)19-17(22)20-15(14)10-4-2-5-11(18)8-10/h2-8,15H,9H2,1H3,(H2,19,20,22)/t15-/m0/s1. The van der Waals surface area contributed by atoms with Crippen molar-refractivity contribution in [2.45, 2.75) is 10.3 Å². The first-order valence-corrected chi connectivity index (χ1v) is 10.6. The van der Waals surface area contributed by atoms with Gasteiger partial charge in [-0.2, -0.15) is 0 Å². The van der Waals surface area contributed by atoms with Crippen molar-refractivity contribution in [2.24, 2.45) is 0 Å². The van der Waals surface area contributed by atoms with Crippen molar-refractivity contribution in [2.75, 3.05) is 12.9 Å².